The van der Waals surface area contributed by atoms with E-state index in [0.717, 1.165) is 11.3 Å². The third-order valence-corrected chi connectivity index (χ3v) is 4.98. The summed E-state index contributed by atoms with van der Waals surface area (Å²) in [5, 5.41) is 3.04. The molecule has 7 heteroatoms. The zero-order valence-corrected chi connectivity index (χ0v) is 16.7. The zero-order chi connectivity index (χ0) is 19.1. The van der Waals surface area contributed by atoms with Crippen LogP contribution in [0, 0.1) is 5.92 Å². The summed E-state index contributed by atoms with van der Waals surface area (Å²) in [4.78, 5) is 25.7. The second-order valence-electron chi connectivity index (χ2n) is 6.40. The lowest BCUT2D eigenvalue weighted by Gasteiger charge is -2.25. The number of amides is 2. The molecule has 1 fully saturated rings. The van der Waals surface area contributed by atoms with Crippen LogP contribution in [-0.4, -0.2) is 48.1 Å². The maximum Gasteiger partial charge on any atom is 0.282 e. The van der Waals surface area contributed by atoms with Crippen LogP contribution < -0.4 is 14.8 Å². The summed E-state index contributed by atoms with van der Waals surface area (Å²) in [5.74, 6) is 2.17. The van der Waals surface area contributed by atoms with E-state index in [1.54, 1.807) is 4.90 Å². The molecule has 2 amide bonds. The van der Waals surface area contributed by atoms with Gasteiger partial charge in [-0.1, -0.05) is 31.7 Å². The van der Waals surface area contributed by atoms with Gasteiger partial charge in [-0.3, -0.25) is 9.59 Å². The third kappa shape index (κ3) is 5.30. The van der Waals surface area contributed by atoms with Gasteiger partial charge in [0.15, 0.2) is 11.5 Å². The van der Waals surface area contributed by atoms with Crippen molar-refractivity contribution < 1.29 is 19.1 Å². The molecule has 1 N–H and O–H groups in total. The van der Waals surface area contributed by atoms with E-state index in [1.807, 2.05) is 32.0 Å². The average Bonchev–Trinajstić information content (AvgIpc) is 2.99. The van der Waals surface area contributed by atoms with Gasteiger partial charge in [-0.15, -0.1) is 0 Å². The fraction of sp³-hybridized carbons (Fsp3) is 0.579. The number of carbonyl (C=O) groups excluding carboxylic acids is 2. The van der Waals surface area contributed by atoms with Gasteiger partial charge in [0, 0.05) is 12.3 Å². The van der Waals surface area contributed by atoms with E-state index >= 15 is 0 Å². The molecule has 0 bridgehead atoms. The second kappa shape index (κ2) is 9.71. The van der Waals surface area contributed by atoms with Crippen molar-refractivity contribution in [3.63, 3.8) is 0 Å². The van der Waals surface area contributed by atoms with Gasteiger partial charge in [-0.05, 0) is 37.5 Å². The van der Waals surface area contributed by atoms with Crippen molar-refractivity contribution in [1.29, 1.82) is 0 Å². The van der Waals surface area contributed by atoms with Crippen LogP contribution >= 0.6 is 11.8 Å². The molecular formula is C19H28N2O4S. The van der Waals surface area contributed by atoms with Crippen molar-refractivity contribution in [2.24, 2.45) is 5.92 Å². The Bertz CT molecular complexity index is 636. The Morgan fingerprint density at radius 1 is 1.23 bits per heavy atom. The van der Waals surface area contributed by atoms with Crippen LogP contribution in [0.15, 0.2) is 18.2 Å². The first-order valence-electron chi connectivity index (χ1n) is 9.06. The molecule has 1 atom stereocenters. The molecule has 0 aliphatic carbocycles. The number of rotatable bonds is 9. The highest BCUT2D eigenvalue weighted by Crippen LogP contribution is 2.33. The molecule has 144 valence electrons. The molecule has 0 spiro atoms. The van der Waals surface area contributed by atoms with Crippen LogP contribution in [0.25, 0.3) is 0 Å². The molecule has 2 rings (SSSR count). The summed E-state index contributed by atoms with van der Waals surface area (Å²) in [5.41, 5.74) is 0.961. The monoisotopic (exact) mass is 380 g/mol. The van der Waals surface area contributed by atoms with Crippen LogP contribution in [0.2, 0.25) is 0 Å². The van der Waals surface area contributed by atoms with Crippen LogP contribution in [-0.2, 0) is 4.79 Å². The molecule has 6 nitrogen and oxygen atoms in total. The van der Waals surface area contributed by atoms with E-state index < -0.39 is 0 Å². The predicted octanol–water partition coefficient (Wildman–Crippen LogP) is 3.47. The largest absolute Gasteiger partial charge is 0.490 e. The van der Waals surface area contributed by atoms with Crippen LogP contribution in [0.5, 0.6) is 11.5 Å². The summed E-state index contributed by atoms with van der Waals surface area (Å²) < 4.78 is 11.3. The summed E-state index contributed by atoms with van der Waals surface area (Å²) in [6.45, 7) is 9.79. The van der Waals surface area contributed by atoms with E-state index in [2.05, 4.69) is 19.2 Å². The SMILES string of the molecule is CCOc1ccc(C(NC(=O)CN2CCSC2=O)C(C)C)cc1OCC. The average molecular weight is 381 g/mol. The van der Waals surface area contributed by atoms with Gasteiger partial charge in [-0.2, -0.15) is 0 Å². The van der Waals surface area contributed by atoms with Crippen molar-refractivity contribution in [1.82, 2.24) is 10.2 Å². The Hall–Kier alpha value is -1.89. The highest BCUT2D eigenvalue weighted by Gasteiger charge is 2.26. The molecule has 0 saturated carbocycles. The molecular weight excluding hydrogens is 352 g/mol. The van der Waals surface area contributed by atoms with E-state index in [1.165, 1.54) is 11.8 Å². The third-order valence-electron chi connectivity index (χ3n) is 4.09. The molecule has 0 radical (unpaired) electrons. The molecule has 1 unspecified atom stereocenters. The smallest absolute Gasteiger partial charge is 0.282 e. The molecule has 1 aromatic rings. The first-order chi connectivity index (χ1) is 12.5. The number of hydrogen-bond acceptors (Lipinski definition) is 5. The summed E-state index contributed by atoms with van der Waals surface area (Å²) in [6, 6.07) is 5.60. The highest BCUT2D eigenvalue weighted by atomic mass is 32.2. The van der Waals surface area contributed by atoms with Gasteiger partial charge in [-0.25, -0.2) is 0 Å². The normalized spacial score (nSPS) is 15.3. The van der Waals surface area contributed by atoms with Gasteiger partial charge in [0.1, 0.15) is 6.54 Å². The van der Waals surface area contributed by atoms with Gasteiger partial charge >= 0.3 is 0 Å². The van der Waals surface area contributed by atoms with Gasteiger partial charge in [0.05, 0.1) is 19.3 Å². The van der Waals surface area contributed by atoms with Gasteiger partial charge < -0.3 is 19.7 Å². The Morgan fingerprint density at radius 3 is 2.50 bits per heavy atom. The van der Waals surface area contributed by atoms with E-state index in [0.29, 0.717) is 31.3 Å². The van der Waals surface area contributed by atoms with E-state index in [9.17, 15) is 9.59 Å². The number of ether oxygens (including phenoxy) is 2. The predicted molar refractivity (Wildman–Crippen MR) is 104 cm³/mol. The van der Waals surface area contributed by atoms with Crippen LogP contribution in [0.4, 0.5) is 4.79 Å². The Kier molecular flexibility index (Phi) is 7.63. The topological polar surface area (TPSA) is 67.9 Å². The number of carbonyl (C=O) groups is 2. The summed E-state index contributed by atoms with van der Waals surface area (Å²) in [6.07, 6.45) is 0. The minimum atomic E-state index is -0.164. The molecule has 0 aromatic heterocycles. The maximum atomic E-state index is 12.4. The van der Waals surface area contributed by atoms with E-state index in [-0.39, 0.29) is 29.7 Å². The minimum absolute atomic E-state index is 0.0269. The number of nitrogens with zero attached hydrogens (tertiary/aromatic N) is 1. The van der Waals surface area contributed by atoms with Crippen molar-refractivity contribution in [3.05, 3.63) is 23.8 Å². The van der Waals surface area contributed by atoms with Crippen molar-refractivity contribution >= 4 is 22.9 Å². The quantitative estimate of drug-likeness (QED) is 0.710. The number of nitrogens with one attached hydrogen (secondary N) is 1. The van der Waals surface area contributed by atoms with Crippen LogP contribution in [0.3, 0.4) is 0 Å². The second-order valence-corrected chi connectivity index (χ2v) is 7.44. The van der Waals surface area contributed by atoms with E-state index in [4.69, 9.17) is 9.47 Å². The maximum absolute atomic E-state index is 12.4. The van der Waals surface area contributed by atoms with Crippen molar-refractivity contribution in [2.75, 3.05) is 32.1 Å². The Labute approximate surface area is 159 Å². The summed E-state index contributed by atoms with van der Waals surface area (Å²) in [7, 11) is 0. The Balaban J connectivity index is 2.14. The first-order valence-corrected chi connectivity index (χ1v) is 10.0. The molecule has 1 saturated heterocycles. The van der Waals surface area contributed by atoms with Crippen molar-refractivity contribution in [2.45, 2.75) is 33.7 Å². The lowest BCUT2D eigenvalue weighted by molar-refractivity contribution is -0.122. The fourth-order valence-corrected chi connectivity index (χ4v) is 3.68. The summed E-state index contributed by atoms with van der Waals surface area (Å²) >= 11 is 1.26. The standard InChI is InChI=1S/C19H28N2O4S/c1-5-24-15-8-7-14(11-16(15)25-6-2)18(13(3)4)20-17(22)12-21-9-10-26-19(21)23/h7-8,11,13,18H,5-6,9-10,12H2,1-4H3,(H,20,22). The number of benzene rings is 1. The lowest BCUT2D eigenvalue weighted by Crippen LogP contribution is -2.40. The minimum Gasteiger partial charge on any atom is -0.490 e. The molecule has 1 aliphatic heterocycles. The zero-order valence-electron chi connectivity index (χ0n) is 15.9. The van der Waals surface area contributed by atoms with Gasteiger partial charge in [0.2, 0.25) is 5.91 Å². The molecule has 1 aliphatic rings. The Morgan fingerprint density at radius 2 is 1.92 bits per heavy atom. The number of thioether (sulfide) groups is 1. The molecule has 1 aromatic carbocycles. The number of hydrogen-bond donors (Lipinski definition) is 1. The molecule has 1 heterocycles. The highest BCUT2D eigenvalue weighted by molar-refractivity contribution is 8.13. The lowest BCUT2D eigenvalue weighted by atomic mass is 9.95. The molecule has 26 heavy (non-hydrogen) atoms. The van der Waals surface area contributed by atoms with Gasteiger partial charge in [0.25, 0.3) is 5.24 Å². The van der Waals surface area contributed by atoms with Crippen LogP contribution in [0.1, 0.15) is 39.3 Å². The fourth-order valence-electron chi connectivity index (χ4n) is 2.86. The van der Waals surface area contributed by atoms with Crippen molar-refractivity contribution in [3.8, 4) is 11.5 Å². The first kappa shape index (κ1) is 20.4.